The molecule has 1 fully saturated rings. The monoisotopic (exact) mass is 542 g/mol. The number of hydrogen-bond donors (Lipinski definition) is 1. The van der Waals surface area contributed by atoms with Crippen LogP contribution in [-0.2, 0) is 26.3 Å². The van der Waals surface area contributed by atoms with Gasteiger partial charge in [-0.2, -0.15) is 12.7 Å². The molecule has 8 nitrogen and oxygen atoms in total. The van der Waals surface area contributed by atoms with Crippen LogP contribution in [0.25, 0.3) is 0 Å². The van der Waals surface area contributed by atoms with Crippen LogP contribution in [0.3, 0.4) is 0 Å². The van der Waals surface area contributed by atoms with Crippen molar-refractivity contribution in [1.82, 2.24) is 14.5 Å². The molecule has 2 aromatic carbocycles. The first-order valence-electron chi connectivity index (χ1n) is 13.3. The molecule has 1 aliphatic rings. The van der Waals surface area contributed by atoms with Gasteiger partial charge in [0.25, 0.3) is 0 Å². The maximum Gasteiger partial charge on any atom is 0.304 e. The molecule has 38 heavy (non-hydrogen) atoms. The van der Waals surface area contributed by atoms with Gasteiger partial charge < -0.3 is 10.2 Å². The number of aryl methyl sites for hydroxylation is 3. The smallest absolute Gasteiger partial charge is 0.304 e. The molecule has 208 valence electrons. The minimum atomic E-state index is -3.99. The van der Waals surface area contributed by atoms with Crippen molar-refractivity contribution < 1.29 is 18.0 Å². The Morgan fingerprint density at radius 2 is 1.63 bits per heavy atom. The Balaban J connectivity index is 1.96. The highest BCUT2D eigenvalue weighted by atomic mass is 32.2. The van der Waals surface area contributed by atoms with Crippen LogP contribution >= 0.6 is 0 Å². The van der Waals surface area contributed by atoms with Crippen LogP contribution in [0, 0.1) is 20.8 Å². The van der Waals surface area contributed by atoms with E-state index in [0.29, 0.717) is 5.69 Å². The van der Waals surface area contributed by atoms with Crippen molar-refractivity contribution in [2.45, 2.75) is 78.4 Å². The Bertz CT molecular complexity index is 1240. The van der Waals surface area contributed by atoms with Crippen LogP contribution in [-0.4, -0.2) is 62.2 Å². The lowest BCUT2D eigenvalue weighted by molar-refractivity contribution is -0.139. The zero-order valence-electron chi connectivity index (χ0n) is 23.5. The number of hydrogen-bond acceptors (Lipinski definition) is 4. The molecule has 1 aliphatic carbocycles. The Morgan fingerprint density at radius 1 is 0.974 bits per heavy atom. The molecule has 2 aromatic rings. The summed E-state index contributed by atoms with van der Waals surface area (Å²) in [5.74, 6) is -0.654. The second-order valence-corrected chi connectivity index (χ2v) is 12.6. The van der Waals surface area contributed by atoms with E-state index >= 15 is 0 Å². The summed E-state index contributed by atoms with van der Waals surface area (Å²) in [7, 11) is -1.10. The number of rotatable bonds is 10. The Hall–Kier alpha value is -2.91. The molecule has 1 N–H and O–H groups in total. The largest absolute Gasteiger partial charge is 0.352 e. The minimum Gasteiger partial charge on any atom is -0.352 e. The van der Waals surface area contributed by atoms with Gasteiger partial charge in [-0.05, 0) is 68.9 Å². The predicted molar refractivity (Wildman–Crippen MR) is 152 cm³/mol. The minimum absolute atomic E-state index is 0.106. The molecule has 0 heterocycles. The molecule has 0 saturated heterocycles. The number of benzene rings is 2. The zero-order valence-corrected chi connectivity index (χ0v) is 24.3. The number of anilines is 1. The summed E-state index contributed by atoms with van der Waals surface area (Å²) >= 11 is 0. The van der Waals surface area contributed by atoms with Gasteiger partial charge in [0.15, 0.2) is 0 Å². The first-order valence-corrected chi connectivity index (χ1v) is 14.7. The van der Waals surface area contributed by atoms with E-state index in [9.17, 15) is 18.0 Å². The summed E-state index contributed by atoms with van der Waals surface area (Å²) in [6.07, 6.45) is 5.21. The van der Waals surface area contributed by atoms with Crippen LogP contribution in [0.2, 0.25) is 0 Å². The summed E-state index contributed by atoms with van der Waals surface area (Å²) < 4.78 is 29.1. The van der Waals surface area contributed by atoms with Crippen LogP contribution < -0.4 is 9.62 Å². The summed E-state index contributed by atoms with van der Waals surface area (Å²) in [5.41, 5.74) is 3.97. The van der Waals surface area contributed by atoms with E-state index in [1.165, 1.54) is 25.4 Å². The highest BCUT2D eigenvalue weighted by Crippen LogP contribution is 2.26. The van der Waals surface area contributed by atoms with E-state index in [1.807, 2.05) is 57.2 Å². The highest BCUT2D eigenvalue weighted by Gasteiger charge is 2.34. The summed E-state index contributed by atoms with van der Waals surface area (Å²) in [5, 5.41) is 3.13. The van der Waals surface area contributed by atoms with Crippen LogP contribution in [0.5, 0.6) is 0 Å². The van der Waals surface area contributed by atoms with Crippen LogP contribution in [0.4, 0.5) is 5.69 Å². The van der Waals surface area contributed by atoms with Gasteiger partial charge in [-0.25, -0.2) is 4.31 Å². The third kappa shape index (κ3) is 7.14. The van der Waals surface area contributed by atoms with Gasteiger partial charge in [0.1, 0.15) is 12.6 Å². The average Bonchev–Trinajstić information content (AvgIpc) is 2.88. The fourth-order valence-corrected chi connectivity index (χ4v) is 5.93. The number of nitrogens with zero attached hydrogens (tertiary/aromatic N) is 3. The maximum atomic E-state index is 14.0. The third-order valence-corrected chi connectivity index (χ3v) is 9.18. The molecule has 1 saturated carbocycles. The zero-order chi connectivity index (χ0) is 28.0. The molecule has 9 heteroatoms. The molecule has 0 bridgehead atoms. The molecule has 0 radical (unpaired) electrons. The van der Waals surface area contributed by atoms with Gasteiger partial charge in [0.2, 0.25) is 11.8 Å². The molecule has 1 atom stereocenters. The summed E-state index contributed by atoms with van der Waals surface area (Å²) in [4.78, 5) is 28.8. The van der Waals surface area contributed by atoms with E-state index in [0.717, 1.165) is 56.5 Å². The molecule has 3 rings (SSSR count). The van der Waals surface area contributed by atoms with Gasteiger partial charge in [-0.1, -0.05) is 55.7 Å². The second kappa shape index (κ2) is 12.8. The molecule has 0 aliphatic heterocycles. The lowest BCUT2D eigenvalue weighted by Crippen LogP contribution is -2.53. The quantitative estimate of drug-likeness (QED) is 0.490. The number of carbonyl (C=O) groups excluding carboxylic acids is 2. The Labute approximate surface area is 228 Å². The van der Waals surface area contributed by atoms with Crippen molar-refractivity contribution in [1.29, 1.82) is 0 Å². The summed E-state index contributed by atoms with van der Waals surface area (Å²) in [6, 6.07) is 12.6. The standard InChI is InChI=1S/C29H42N4O4S/c1-21-16-17-23(3)27(18-21)33(38(36,37)31(5)6)20-28(34)32(19-25-13-11-10-12-22(25)2)24(4)29(35)30-26-14-8-7-9-15-26/h10-13,16-18,24,26H,7-9,14-15,19-20H2,1-6H3,(H,30,35). The highest BCUT2D eigenvalue weighted by molar-refractivity contribution is 7.90. The molecule has 1 unspecified atom stereocenters. The predicted octanol–water partition coefficient (Wildman–Crippen LogP) is 4.09. The van der Waals surface area contributed by atoms with Gasteiger partial charge in [0, 0.05) is 26.7 Å². The maximum absolute atomic E-state index is 14.0. The SMILES string of the molecule is Cc1ccc(C)c(N(CC(=O)N(Cc2ccccc2C)C(C)C(=O)NC2CCCCC2)S(=O)(=O)N(C)C)c1. The lowest BCUT2D eigenvalue weighted by Gasteiger charge is -2.34. The van der Waals surface area contributed by atoms with Crippen molar-refractivity contribution in [3.05, 3.63) is 64.7 Å². The molecule has 0 aromatic heterocycles. The van der Waals surface area contributed by atoms with Crippen molar-refractivity contribution in [3.63, 3.8) is 0 Å². The van der Waals surface area contributed by atoms with Gasteiger partial charge >= 0.3 is 10.2 Å². The van der Waals surface area contributed by atoms with E-state index in [4.69, 9.17) is 0 Å². The van der Waals surface area contributed by atoms with Gasteiger partial charge in [-0.15, -0.1) is 0 Å². The molecule has 2 amide bonds. The first-order chi connectivity index (χ1) is 17.9. The normalized spacial score (nSPS) is 15.2. The first kappa shape index (κ1) is 29.6. The van der Waals surface area contributed by atoms with E-state index in [1.54, 1.807) is 13.0 Å². The number of amides is 2. The van der Waals surface area contributed by atoms with Gasteiger partial charge in [-0.3, -0.25) is 9.59 Å². The second-order valence-electron chi connectivity index (χ2n) is 10.6. The molecule has 0 spiro atoms. The third-order valence-electron chi connectivity index (χ3n) is 7.37. The van der Waals surface area contributed by atoms with Crippen molar-refractivity contribution in [2.24, 2.45) is 0 Å². The van der Waals surface area contributed by atoms with Crippen molar-refractivity contribution >= 4 is 27.7 Å². The van der Waals surface area contributed by atoms with Crippen molar-refractivity contribution in [3.8, 4) is 0 Å². The Kier molecular flexibility index (Phi) is 9.95. The van der Waals surface area contributed by atoms with Crippen LogP contribution in [0.15, 0.2) is 42.5 Å². The van der Waals surface area contributed by atoms with Crippen molar-refractivity contribution in [2.75, 3.05) is 24.9 Å². The average molecular weight is 543 g/mol. The van der Waals surface area contributed by atoms with E-state index < -0.39 is 28.7 Å². The van der Waals surface area contributed by atoms with E-state index in [2.05, 4.69) is 5.32 Å². The van der Waals surface area contributed by atoms with Crippen LogP contribution in [0.1, 0.15) is 61.3 Å². The van der Waals surface area contributed by atoms with E-state index in [-0.39, 0.29) is 18.5 Å². The number of nitrogens with one attached hydrogen (secondary N) is 1. The van der Waals surface area contributed by atoms with Gasteiger partial charge in [0.05, 0.1) is 5.69 Å². The topological polar surface area (TPSA) is 90.0 Å². The fourth-order valence-electron chi connectivity index (χ4n) is 4.81. The summed E-state index contributed by atoms with van der Waals surface area (Å²) in [6.45, 7) is 7.17. The molecular weight excluding hydrogens is 500 g/mol. The fraction of sp³-hybridized carbons (Fsp3) is 0.517. The number of carbonyl (C=O) groups is 2. The Morgan fingerprint density at radius 3 is 2.26 bits per heavy atom. The molecular formula is C29H42N4O4S. The lowest BCUT2D eigenvalue weighted by atomic mass is 9.95.